The van der Waals surface area contributed by atoms with E-state index in [1.807, 2.05) is 0 Å². The molecular formula is C8H16Br2O2. The molecule has 0 bridgehead atoms. The minimum Gasteiger partial charge on any atom is -0.381 e. The molecule has 0 radical (unpaired) electrons. The Morgan fingerprint density at radius 3 is 1.42 bits per heavy atom. The third-order valence-electron chi connectivity index (χ3n) is 1.27. The van der Waals surface area contributed by atoms with Crippen LogP contribution in [-0.4, -0.2) is 37.1 Å². The van der Waals surface area contributed by atoms with Crippen molar-refractivity contribution in [3.63, 3.8) is 0 Å². The minimum absolute atomic E-state index is 0.808. The van der Waals surface area contributed by atoms with E-state index in [-0.39, 0.29) is 0 Å². The van der Waals surface area contributed by atoms with Crippen molar-refractivity contribution in [1.29, 1.82) is 0 Å². The van der Waals surface area contributed by atoms with Crippen molar-refractivity contribution >= 4 is 31.9 Å². The quantitative estimate of drug-likeness (QED) is 0.481. The summed E-state index contributed by atoms with van der Waals surface area (Å²) in [5.74, 6) is 0. The third-order valence-corrected chi connectivity index (χ3v) is 1.92. The van der Waals surface area contributed by atoms with Crippen LogP contribution in [0.15, 0.2) is 0 Å². The van der Waals surface area contributed by atoms with Gasteiger partial charge in [-0.25, -0.2) is 0 Å². The highest BCUT2D eigenvalue weighted by Crippen LogP contribution is 1.93. The normalized spacial score (nSPS) is 10.5. The molecule has 74 valence electrons. The molecule has 0 spiro atoms. The molecule has 0 aliphatic heterocycles. The van der Waals surface area contributed by atoms with Gasteiger partial charge in [-0.15, -0.1) is 0 Å². The Kier molecular flexibility index (Phi) is 12.8. The van der Waals surface area contributed by atoms with E-state index in [0.29, 0.717) is 0 Å². The highest BCUT2D eigenvalue weighted by molar-refractivity contribution is 9.09. The molecule has 2 nitrogen and oxygen atoms in total. The summed E-state index contributed by atoms with van der Waals surface area (Å²) in [6, 6.07) is 0. The molecule has 0 N–H and O–H groups in total. The van der Waals surface area contributed by atoms with Gasteiger partial charge in [-0.1, -0.05) is 31.9 Å². The topological polar surface area (TPSA) is 18.5 Å². The van der Waals surface area contributed by atoms with Gasteiger partial charge in [-0.3, -0.25) is 0 Å². The Balaban J connectivity index is 2.73. The van der Waals surface area contributed by atoms with Crippen LogP contribution in [0.4, 0.5) is 0 Å². The van der Waals surface area contributed by atoms with E-state index in [9.17, 15) is 0 Å². The number of rotatable bonds is 9. The van der Waals surface area contributed by atoms with Crippen molar-refractivity contribution in [2.24, 2.45) is 0 Å². The largest absolute Gasteiger partial charge is 0.381 e. The molecule has 0 fully saturated rings. The predicted octanol–water partition coefficient (Wildman–Crippen LogP) is 2.59. The summed E-state index contributed by atoms with van der Waals surface area (Å²) >= 11 is 6.60. The number of unbranched alkanes of at least 4 members (excludes halogenated alkanes) is 1. The van der Waals surface area contributed by atoms with Crippen LogP contribution < -0.4 is 0 Å². The lowest BCUT2D eigenvalue weighted by Gasteiger charge is -2.02. The Labute approximate surface area is 91.3 Å². The van der Waals surface area contributed by atoms with Crippen LogP contribution in [-0.2, 0) is 9.47 Å². The highest BCUT2D eigenvalue weighted by Gasteiger charge is 1.89. The third kappa shape index (κ3) is 10.9. The molecular weight excluding hydrogens is 288 g/mol. The second-order valence-corrected chi connectivity index (χ2v) is 3.90. The first-order valence-corrected chi connectivity index (χ1v) is 6.43. The van der Waals surface area contributed by atoms with Gasteiger partial charge in [0.25, 0.3) is 0 Å². The molecule has 0 saturated heterocycles. The van der Waals surface area contributed by atoms with Crippen molar-refractivity contribution in [1.82, 2.24) is 0 Å². The first-order chi connectivity index (χ1) is 5.91. The molecule has 0 atom stereocenters. The molecule has 0 aliphatic rings. The summed E-state index contributed by atoms with van der Waals surface area (Å²) in [6.45, 7) is 3.32. The lowest BCUT2D eigenvalue weighted by molar-refractivity contribution is 0.117. The lowest BCUT2D eigenvalue weighted by atomic mass is 10.3. The van der Waals surface area contributed by atoms with E-state index < -0.39 is 0 Å². The van der Waals surface area contributed by atoms with E-state index in [2.05, 4.69) is 31.9 Å². The molecule has 0 rings (SSSR count). The standard InChI is InChI=1S/C8H16Br2O2/c9-3-7-11-5-1-2-6-12-8-4-10/h1-8H2. The fourth-order valence-electron chi connectivity index (χ4n) is 0.721. The Morgan fingerprint density at radius 1 is 0.667 bits per heavy atom. The minimum atomic E-state index is 0.808. The van der Waals surface area contributed by atoms with E-state index in [1.165, 1.54) is 0 Å². The molecule has 0 aromatic rings. The molecule has 0 aliphatic carbocycles. The zero-order valence-corrected chi connectivity index (χ0v) is 10.4. The van der Waals surface area contributed by atoms with E-state index in [0.717, 1.165) is 49.9 Å². The first-order valence-electron chi connectivity index (χ1n) is 4.19. The average molecular weight is 304 g/mol. The fraction of sp³-hybridized carbons (Fsp3) is 1.00. The van der Waals surface area contributed by atoms with Crippen LogP contribution in [0.25, 0.3) is 0 Å². The van der Waals surface area contributed by atoms with Gasteiger partial charge in [-0.2, -0.15) is 0 Å². The van der Waals surface area contributed by atoms with Gasteiger partial charge in [-0.05, 0) is 12.8 Å². The molecule has 12 heavy (non-hydrogen) atoms. The summed E-state index contributed by atoms with van der Waals surface area (Å²) in [7, 11) is 0. The summed E-state index contributed by atoms with van der Waals surface area (Å²) in [6.07, 6.45) is 2.19. The highest BCUT2D eigenvalue weighted by atomic mass is 79.9. The van der Waals surface area contributed by atoms with Gasteiger partial charge in [0.15, 0.2) is 0 Å². The average Bonchev–Trinajstić information content (AvgIpc) is 2.10. The van der Waals surface area contributed by atoms with Crippen molar-refractivity contribution in [3.8, 4) is 0 Å². The van der Waals surface area contributed by atoms with Crippen LogP contribution in [0.2, 0.25) is 0 Å². The number of alkyl halides is 2. The number of hydrogen-bond donors (Lipinski definition) is 0. The smallest absolute Gasteiger partial charge is 0.0563 e. The first kappa shape index (κ1) is 12.9. The number of ether oxygens (including phenoxy) is 2. The molecule has 0 amide bonds. The molecule has 0 aromatic carbocycles. The SMILES string of the molecule is BrCCOCCCCOCCBr. The van der Waals surface area contributed by atoms with Gasteiger partial charge in [0.2, 0.25) is 0 Å². The maximum Gasteiger partial charge on any atom is 0.0563 e. The maximum atomic E-state index is 5.28. The number of halogens is 2. The zero-order valence-electron chi connectivity index (χ0n) is 7.23. The van der Waals surface area contributed by atoms with Gasteiger partial charge in [0.1, 0.15) is 0 Å². The van der Waals surface area contributed by atoms with E-state index >= 15 is 0 Å². The second-order valence-electron chi connectivity index (χ2n) is 2.31. The van der Waals surface area contributed by atoms with Crippen molar-refractivity contribution in [3.05, 3.63) is 0 Å². The molecule has 0 unspecified atom stereocenters. The lowest BCUT2D eigenvalue weighted by Crippen LogP contribution is -2.01. The van der Waals surface area contributed by atoms with Crippen molar-refractivity contribution < 1.29 is 9.47 Å². The van der Waals surface area contributed by atoms with Gasteiger partial charge in [0.05, 0.1) is 13.2 Å². The summed E-state index contributed by atoms with van der Waals surface area (Å²) in [5.41, 5.74) is 0. The van der Waals surface area contributed by atoms with Gasteiger partial charge >= 0.3 is 0 Å². The van der Waals surface area contributed by atoms with Crippen LogP contribution >= 0.6 is 31.9 Å². The number of hydrogen-bond acceptors (Lipinski definition) is 2. The van der Waals surface area contributed by atoms with Crippen LogP contribution in [0.5, 0.6) is 0 Å². The molecule has 0 saturated carbocycles. The second kappa shape index (κ2) is 11.9. The van der Waals surface area contributed by atoms with Crippen molar-refractivity contribution in [2.45, 2.75) is 12.8 Å². The molecule has 4 heteroatoms. The van der Waals surface area contributed by atoms with Gasteiger partial charge < -0.3 is 9.47 Å². The van der Waals surface area contributed by atoms with E-state index in [4.69, 9.17) is 9.47 Å². The Bertz CT molecular complexity index is 71.5. The van der Waals surface area contributed by atoms with E-state index in [1.54, 1.807) is 0 Å². The van der Waals surface area contributed by atoms with Crippen LogP contribution in [0.1, 0.15) is 12.8 Å². The summed E-state index contributed by atoms with van der Waals surface area (Å²) < 4.78 is 10.6. The fourth-order valence-corrected chi connectivity index (χ4v) is 1.18. The predicted molar refractivity (Wildman–Crippen MR) is 58.5 cm³/mol. The zero-order chi connectivity index (χ0) is 9.07. The summed E-state index contributed by atoms with van der Waals surface area (Å²) in [4.78, 5) is 0. The summed E-state index contributed by atoms with van der Waals surface area (Å²) in [5, 5.41) is 1.85. The van der Waals surface area contributed by atoms with Crippen LogP contribution in [0.3, 0.4) is 0 Å². The van der Waals surface area contributed by atoms with Gasteiger partial charge in [0, 0.05) is 23.9 Å². The molecule has 0 heterocycles. The van der Waals surface area contributed by atoms with Crippen LogP contribution in [0, 0.1) is 0 Å². The molecule has 0 aromatic heterocycles. The van der Waals surface area contributed by atoms with Crippen molar-refractivity contribution in [2.75, 3.05) is 37.1 Å². The Hall–Kier alpha value is 0.880. The monoisotopic (exact) mass is 302 g/mol. The maximum absolute atomic E-state index is 5.28. The Morgan fingerprint density at radius 2 is 1.08 bits per heavy atom.